The summed E-state index contributed by atoms with van der Waals surface area (Å²) in [5.41, 5.74) is 2.56. The Morgan fingerprint density at radius 2 is 1.81 bits per heavy atom. The molecule has 3 heterocycles. The molecule has 5 nitrogen and oxygen atoms in total. The summed E-state index contributed by atoms with van der Waals surface area (Å²) in [6.07, 6.45) is -2.97. The zero-order chi connectivity index (χ0) is 22.5. The van der Waals surface area contributed by atoms with Gasteiger partial charge in [-0.15, -0.1) is 0 Å². The summed E-state index contributed by atoms with van der Waals surface area (Å²) in [7, 11) is 1.40. The number of carbonyl (C=O) groups is 1. The van der Waals surface area contributed by atoms with Gasteiger partial charge < -0.3 is 19.3 Å². The van der Waals surface area contributed by atoms with Gasteiger partial charge in [0, 0.05) is 55.3 Å². The Hall–Kier alpha value is -2.74. The molecule has 0 saturated carbocycles. The number of hydrogen-bond donors (Lipinski definition) is 0. The minimum atomic E-state index is -4.37. The van der Waals surface area contributed by atoms with Gasteiger partial charge in [0.25, 0.3) is 0 Å². The molecule has 0 aromatic heterocycles. The van der Waals surface area contributed by atoms with Crippen molar-refractivity contribution in [3.05, 3.63) is 53.6 Å². The van der Waals surface area contributed by atoms with Crippen molar-refractivity contribution in [3.8, 4) is 0 Å². The van der Waals surface area contributed by atoms with E-state index in [4.69, 9.17) is 9.47 Å². The number of benzene rings is 2. The van der Waals surface area contributed by atoms with Crippen molar-refractivity contribution >= 4 is 23.0 Å². The predicted octanol–water partition coefficient (Wildman–Crippen LogP) is 4.51. The van der Waals surface area contributed by atoms with Gasteiger partial charge in [-0.2, -0.15) is 13.2 Å². The van der Waals surface area contributed by atoms with Crippen molar-refractivity contribution in [2.45, 2.75) is 24.4 Å². The third kappa shape index (κ3) is 3.50. The highest BCUT2D eigenvalue weighted by molar-refractivity contribution is 5.78. The number of halogens is 3. The number of anilines is 3. The molecule has 0 atom stereocenters. The second-order valence-corrected chi connectivity index (χ2v) is 8.85. The molecule has 0 aliphatic carbocycles. The summed E-state index contributed by atoms with van der Waals surface area (Å²) in [6, 6.07) is 12.1. The Bertz CT molecular complexity index is 1030. The van der Waals surface area contributed by atoms with Crippen LogP contribution in [0.2, 0.25) is 0 Å². The molecular formula is C24H25F3N2O3. The molecule has 2 aromatic carbocycles. The van der Waals surface area contributed by atoms with Crippen LogP contribution in [0.5, 0.6) is 0 Å². The van der Waals surface area contributed by atoms with Gasteiger partial charge in [-0.05, 0) is 54.8 Å². The molecule has 2 fully saturated rings. The van der Waals surface area contributed by atoms with Gasteiger partial charge in [0.15, 0.2) is 0 Å². The van der Waals surface area contributed by atoms with Gasteiger partial charge >= 0.3 is 12.1 Å². The van der Waals surface area contributed by atoms with Crippen molar-refractivity contribution in [3.63, 3.8) is 0 Å². The average Bonchev–Trinajstić information content (AvgIpc) is 3.06. The Morgan fingerprint density at radius 3 is 2.50 bits per heavy atom. The maximum absolute atomic E-state index is 13.5. The number of rotatable bonds is 3. The molecule has 3 aliphatic heterocycles. The van der Waals surface area contributed by atoms with Crippen molar-refractivity contribution in [2.75, 3.05) is 49.8 Å². The van der Waals surface area contributed by atoms with Gasteiger partial charge in [-0.1, -0.05) is 6.07 Å². The molecule has 32 heavy (non-hydrogen) atoms. The van der Waals surface area contributed by atoms with Crippen molar-refractivity contribution < 1.29 is 27.4 Å². The van der Waals surface area contributed by atoms with Crippen LogP contribution in [0, 0.1) is 5.92 Å². The molecule has 8 heteroatoms. The van der Waals surface area contributed by atoms with Crippen LogP contribution in [0.4, 0.5) is 30.2 Å². The Labute approximate surface area is 184 Å². The highest BCUT2D eigenvalue weighted by Crippen LogP contribution is 2.51. The maximum atomic E-state index is 13.5. The standard InChI is InChI=1S/C24H25F3N2O3/c1-31-22(30)16-13-28(14-16)18-3-2-4-19(12-18)29-15-23(7-9-32-10-8-23)20-11-17(24(25,26)27)5-6-21(20)29/h2-6,11-12,16H,7-10,13-15H2,1H3. The molecule has 2 aromatic rings. The van der Waals surface area contributed by atoms with Crippen LogP contribution in [-0.4, -0.2) is 45.9 Å². The number of alkyl halides is 3. The monoisotopic (exact) mass is 446 g/mol. The van der Waals surface area contributed by atoms with E-state index in [0.29, 0.717) is 45.7 Å². The number of carbonyl (C=O) groups excluding carboxylic acids is 1. The molecule has 0 radical (unpaired) electrons. The Kier molecular flexibility index (Phi) is 5.08. The van der Waals surface area contributed by atoms with Crippen LogP contribution in [0.1, 0.15) is 24.0 Å². The molecule has 0 unspecified atom stereocenters. The van der Waals surface area contributed by atoms with E-state index >= 15 is 0 Å². The van der Waals surface area contributed by atoms with Gasteiger partial charge in [0.05, 0.1) is 18.6 Å². The van der Waals surface area contributed by atoms with Crippen LogP contribution in [0.15, 0.2) is 42.5 Å². The lowest BCUT2D eigenvalue weighted by molar-refractivity contribution is -0.146. The Morgan fingerprint density at radius 1 is 1.09 bits per heavy atom. The zero-order valence-electron chi connectivity index (χ0n) is 17.8. The summed E-state index contributed by atoms with van der Waals surface area (Å²) in [5, 5.41) is 0. The van der Waals surface area contributed by atoms with Crippen LogP contribution < -0.4 is 9.80 Å². The molecule has 0 bridgehead atoms. The fourth-order valence-electron chi connectivity index (χ4n) is 5.13. The van der Waals surface area contributed by atoms with E-state index < -0.39 is 11.7 Å². The molecule has 1 spiro atoms. The average molecular weight is 446 g/mol. The topological polar surface area (TPSA) is 42.0 Å². The van der Waals surface area contributed by atoms with Crippen LogP contribution in [0.25, 0.3) is 0 Å². The number of ether oxygens (including phenoxy) is 2. The zero-order valence-corrected chi connectivity index (χ0v) is 17.8. The lowest BCUT2D eigenvalue weighted by atomic mass is 9.75. The summed E-state index contributed by atoms with van der Waals surface area (Å²) in [6.45, 7) is 2.92. The number of nitrogens with zero attached hydrogens (tertiary/aromatic N) is 2. The van der Waals surface area contributed by atoms with Gasteiger partial charge in [0.1, 0.15) is 0 Å². The smallest absolute Gasteiger partial charge is 0.416 e. The first-order valence-electron chi connectivity index (χ1n) is 10.8. The summed E-state index contributed by atoms with van der Waals surface area (Å²) < 4.78 is 50.7. The number of hydrogen-bond acceptors (Lipinski definition) is 5. The number of methoxy groups -OCH3 is 1. The molecule has 3 aliphatic rings. The third-order valence-corrected chi connectivity index (χ3v) is 7.02. The lowest BCUT2D eigenvalue weighted by Gasteiger charge is -2.39. The van der Waals surface area contributed by atoms with E-state index in [1.807, 2.05) is 24.3 Å². The number of fused-ring (bicyclic) bond motifs is 2. The van der Waals surface area contributed by atoms with Gasteiger partial charge in [-0.3, -0.25) is 4.79 Å². The first-order valence-corrected chi connectivity index (χ1v) is 10.8. The van der Waals surface area contributed by atoms with Crippen molar-refractivity contribution in [1.82, 2.24) is 0 Å². The van der Waals surface area contributed by atoms with E-state index in [1.54, 1.807) is 6.07 Å². The van der Waals surface area contributed by atoms with E-state index in [0.717, 1.165) is 22.6 Å². The minimum absolute atomic E-state index is 0.123. The van der Waals surface area contributed by atoms with E-state index in [1.165, 1.54) is 19.2 Å². The third-order valence-electron chi connectivity index (χ3n) is 7.02. The summed E-state index contributed by atoms with van der Waals surface area (Å²) >= 11 is 0. The summed E-state index contributed by atoms with van der Waals surface area (Å²) in [4.78, 5) is 15.9. The molecule has 5 rings (SSSR count). The fourth-order valence-corrected chi connectivity index (χ4v) is 5.13. The lowest BCUT2D eigenvalue weighted by Crippen LogP contribution is -2.50. The van der Waals surface area contributed by atoms with Crippen LogP contribution in [0.3, 0.4) is 0 Å². The second kappa shape index (κ2) is 7.69. The highest BCUT2D eigenvalue weighted by atomic mass is 19.4. The second-order valence-electron chi connectivity index (χ2n) is 8.85. The van der Waals surface area contributed by atoms with Gasteiger partial charge in [-0.25, -0.2) is 0 Å². The van der Waals surface area contributed by atoms with Crippen molar-refractivity contribution in [2.24, 2.45) is 5.92 Å². The van der Waals surface area contributed by atoms with E-state index in [-0.39, 0.29) is 17.3 Å². The number of esters is 1. The van der Waals surface area contributed by atoms with Crippen molar-refractivity contribution in [1.29, 1.82) is 0 Å². The van der Waals surface area contributed by atoms with E-state index in [9.17, 15) is 18.0 Å². The van der Waals surface area contributed by atoms with Crippen LogP contribution >= 0.6 is 0 Å². The van der Waals surface area contributed by atoms with Gasteiger partial charge in [0.2, 0.25) is 0 Å². The molecule has 0 amide bonds. The normalized spacial score (nSPS) is 20.2. The molecule has 170 valence electrons. The summed E-state index contributed by atoms with van der Waals surface area (Å²) in [5.74, 6) is -0.324. The maximum Gasteiger partial charge on any atom is 0.416 e. The highest BCUT2D eigenvalue weighted by Gasteiger charge is 2.46. The van der Waals surface area contributed by atoms with E-state index in [2.05, 4.69) is 9.80 Å². The molecule has 2 saturated heterocycles. The largest absolute Gasteiger partial charge is 0.469 e. The molecular weight excluding hydrogens is 421 g/mol. The molecule has 0 N–H and O–H groups in total. The minimum Gasteiger partial charge on any atom is -0.469 e. The quantitative estimate of drug-likeness (QED) is 0.649. The first kappa shape index (κ1) is 21.1. The Balaban J connectivity index is 1.47. The van der Waals surface area contributed by atoms with Crippen LogP contribution in [-0.2, 0) is 25.9 Å². The first-order chi connectivity index (χ1) is 15.3. The SMILES string of the molecule is COC(=O)C1CN(c2cccc(N3CC4(CCOCC4)c4cc(C(F)(F)F)ccc43)c2)C1. The fraction of sp³-hybridized carbons (Fsp3) is 0.458. The predicted molar refractivity (Wildman–Crippen MR) is 114 cm³/mol.